The smallest absolute Gasteiger partial charge is 0.211 e. The molecule has 0 aliphatic rings. The maximum absolute atomic E-state index is 10.4. The van der Waals surface area contributed by atoms with Gasteiger partial charge in [0.2, 0.25) is 5.69 Å². The Labute approximate surface area is 236 Å². The standard InChI is InChI=1S/C35H20N6/c1-37-29-21-28(35-39-33(23-12-4-2-5-13-23)38-34(40-35)24-14-6-3-7-15-24)25(22-36)20-32(29)41-30-18-10-8-16-26(30)27-17-9-11-19-31(27)41/h2-21H. The van der Waals surface area contributed by atoms with Gasteiger partial charge in [-0.15, -0.1) is 0 Å². The second-order valence-electron chi connectivity index (χ2n) is 9.52. The Morgan fingerprint density at radius 3 is 1.61 bits per heavy atom. The topological polar surface area (TPSA) is 71.8 Å². The van der Waals surface area contributed by atoms with Gasteiger partial charge in [0.05, 0.1) is 34.9 Å². The zero-order valence-corrected chi connectivity index (χ0v) is 21.7. The number of nitrogens with zero attached hydrogens (tertiary/aromatic N) is 6. The molecule has 0 amide bonds. The molecule has 7 aromatic rings. The fourth-order valence-corrected chi connectivity index (χ4v) is 5.23. The van der Waals surface area contributed by atoms with Crippen LogP contribution in [0.4, 0.5) is 5.69 Å². The van der Waals surface area contributed by atoms with Gasteiger partial charge in [-0.3, -0.25) is 0 Å². The largest absolute Gasteiger partial charge is 0.319 e. The quantitative estimate of drug-likeness (QED) is 0.217. The van der Waals surface area contributed by atoms with Gasteiger partial charge in [-0.2, -0.15) is 5.26 Å². The number of fused-ring (bicyclic) bond motifs is 3. The minimum atomic E-state index is 0.341. The summed E-state index contributed by atoms with van der Waals surface area (Å²) >= 11 is 0. The second kappa shape index (κ2) is 9.89. The maximum Gasteiger partial charge on any atom is 0.211 e. The number of benzene rings is 5. The molecule has 0 aliphatic carbocycles. The van der Waals surface area contributed by atoms with Gasteiger partial charge in [0.15, 0.2) is 17.5 Å². The highest BCUT2D eigenvalue weighted by molar-refractivity contribution is 6.09. The van der Waals surface area contributed by atoms with Gasteiger partial charge >= 0.3 is 0 Å². The van der Waals surface area contributed by atoms with Crippen LogP contribution in [0, 0.1) is 17.9 Å². The van der Waals surface area contributed by atoms with Crippen molar-refractivity contribution in [2.45, 2.75) is 0 Å². The Balaban J connectivity index is 1.49. The van der Waals surface area contributed by atoms with Gasteiger partial charge in [0.25, 0.3) is 0 Å². The van der Waals surface area contributed by atoms with Crippen LogP contribution in [0.1, 0.15) is 5.56 Å². The van der Waals surface area contributed by atoms with Crippen molar-refractivity contribution < 1.29 is 0 Å². The summed E-state index contributed by atoms with van der Waals surface area (Å²) in [5, 5.41) is 12.5. The van der Waals surface area contributed by atoms with Crippen LogP contribution in [-0.2, 0) is 0 Å². The fraction of sp³-hybridized carbons (Fsp3) is 0. The van der Waals surface area contributed by atoms with Gasteiger partial charge in [-0.05, 0) is 24.3 Å². The Morgan fingerprint density at radius 2 is 1.10 bits per heavy atom. The van der Waals surface area contributed by atoms with E-state index < -0.39 is 0 Å². The van der Waals surface area contributed by atoms with E-state index in [9.17, 15) is 5.26 Å². The van der Waals surface area contributed by atoms with E-state index in [0.29, 0.717) is 40.0 Å². The molecule has 0 unspecified atom stereocenters. The summed E-state index contributed by atoms with van der Waals surface area (Å²) < 4.78 is 2.06. The zero-order valence-electron chi connectivity index (χ0n) is 21.7. The van der Waals surface area contributed by atoms with Crippen molar-refractivity contribution in [3.8, 4) is 45.9 Å². The maximum atomic E-state index is 10.4. The molecule has 0 atom stereocenters. The first-order chi connectivity index (χ1) is 20.2. The van der Waals surface area contributed by atoms with Crippen molar-refractivity contribution in [1.29, 1.82) is 5.26 Å². The van der Waals surface area contributed by atoms with Crippen molar-refractivity contribution in [1.82, 2.24) is 19.5 Å². The molecule has 0 radical (unpaired) electrons. The Hall–Kier alpha value is -6.11. The number of hydrogen-bond acceptors (Lipinski definition) is 4. The second-order valence-corrected chi connectivity index (χ2v) is 9.52. The molecule has 6 heteroatoms. The summed E-state index contributed by atoms with van der Waals surface area (Å²) in [7, 11) is 0. The van der Waals surface area contributed by atoms with Gasteiger partial charge in [-0.1, -0.05) is 97.1 Å². The molecule has 0 saturated carbocycles. The van der Waals surface area contributed by atoms with Crippen molar-refractivity contribution in [2.24, 2.45) is 0 Å². The van der Waals surface area contributed by atoms with Crippen LogP contribution < -0.4 is 0 Å². The molecular formula is C35H20N6. The lowest BCUT2D eigenvalue weighted by Gasteiger charge is -2.14. The molecule has 0 spiro atoms. The highest BCUT2D eigenvalue weighted by Gasteiger charge is 2.20. The molecule has 0 aliphatic heterocycles. The van der Waals surface area contributed by atoms with E-state index in [-0.39, 0.29) is 0 Å². The van der Waals surface area contributed by atoms with Crippen LogP contribution in [-0.4, -0.2) is 19.5 Å². The molecule has 6 nitrogen and oxygen atoms in total. The lowest BCUT2D eigenvalue weighted by molar-refractivity contribution is 1.07. The van der Waals surface area contributed by atoms with E-state index >= 15 is 0 Å². The first-order valence-corrected chi connectivity index (χ1v) is 13.1. The minimum Gasteiger partial charge on any atom is -0.319 e. The lowest BCUT2D eigenvalue weighted by Crippen LogP contribution is -2.02. The van der Waals surface area contributed by atoms with Crippen LogP contribution in [0.2, 0.25) is 0 Å². The van der Waals surface area contributed by atoms with E-state index in [1.165, 1.54) is 0 Å². The third kappa shape index (κ3) is 4.08. The normalized spacial score (nSPS) is 10.9. The molecule has 5 aromatic carbocycles. The van der Waals surface area contributed by atoms with E-state index in [1.54, 1.807) is 12.1 Å². The molecule has 0 bridgehead atoms. The molecule has 2 aromatic heterocycles. The van der Waals surface area contributed by atoms with Gasteiger partial charge in [0.1, 0.15) is 0 Å². The Morgan fingerprint density at radius 1 is 0.610 bits per heavy atom. The lowest BCUT2D eigenvalue weighted by atomic mass is 10.0. The number of rotatable bonds is 4. The number of hydrogen-bond donors (Lipinski definition) is 0. The molecule has 190 valence electrons. The molecule has 2 heterocycles. The molecule has 0 fully saturated rings. The van der Waals surface area contributed by atoms with E-state index in [0.717, 1.165) is 32.9 Å². The highest BCUT2D eigenvalue weighted by atomic mass is 15.0. The van der Waals surface area contributed by atoms with E-state index in [1.807, 2.05) is 97.1 Å². The van der Waals surface area contributed by atoms with Crippen molar-refractivity contribution >= 4 is 27.5 Å². The molecule has 41 heavy (non-hydrogen) atoms. The third-order valence-corrected chi connectivity index (χ3v) is 7.12. The van der Waals surface area contributed by atoms with Gasteiger partial charge < -0.3 is 4.57 Å². The van der Waals surface area contributed by atoms with Crippen molar-refractivity contribution in [3.05, 3.63) is 138 Å². The molecule has 7 rings (SSSR count). The number of para-hydroxylation sites is 2. The van der Waals surface area contributed by atoms with Crippen LogP contribution >= 0.6 is 0 Å². The van der Waals surface area contributed by atoms with Crippen LogP contribution in [0.15, 0.2) is 121 Å². The average molecular weight is 525 g/mol. The van der Waals surface area contributed by atoms with Crippen LogP contribution in [0.3, 0.4) is 0 Å². The average Bonchev–Trinajstić information content (AvgIpc) is 3.39. The predicted octanol–water partition coefficient (Wildman–Crippen LogP) is 8.39. The summed E-state index contributed by atoms with van der Waals surface area (Å²) in [4.78, 5) is 18.3. The summed E-state index contributed by atoms with van der Waals surface area (Å²) in [6.07, 6.45) is 0. The minimum absolute atomic E-state index is 0.341. The van der Waals surface area contributed by atoms with Crippen LogP contribution in [0.5, 0.6) is 0 Å². The molecule has 0 N–H and O–H groups in total. The Kier molecular flexibility index (Phi) is 5.78. The first-order valence-electron chi connectivity index (χ1n) is 13.1. The van der Waals surface area contributed by atoms with Gasteiger partial charge in [-0.25, -0.2) is 19.8 Å². The highest BCUT2D eigenvalue weighted by Crippen LogP contribution is 2.38. The number of nitriles is 1. The van der Waals surface area contributed by atoms with Crippen LogP contribution in [0.25, 0.3) is 66.5 Å². The van der Waals surface area contributed by atoms with Crippen molar-refractivity contribution in [3.63, 3.8) is 0 Å². The Bertz CT molecular complexity index is 2060. The summed E-state index contributed by atoms with van der Waals surface area (Å²) in [6.45, 7) is 8.12. The van der Waals surface area contributed by atoms with Gasteiger partial charge in [0, 0.05) is 27.5 Å². The number of aromatic nitrogens is 4. The molecule has 0 saturated heterocycles. The summed E-state index contributed by atoms with van der Waals surface area (Å²) in [6, 6.07) is 41.4. The first kappa shape index (κ1) is 24.0. The summed E-state index contributed by atoms with van der Waals surface area (Å²) in [5.74, 6) is 1.33. The monoisotopic (exact) mass is 524 g/mol. The SMILES string of the molecule is [C-]#[N+]c1cc(-c2nc(-c3ccccc3)nc(-c3ccccc3)n2)c(C#N)cc1-n1c2ccccc2c2ccccc21. The predicted molar refractivity (Wildman–Crippen MR) is 161 cm³/mol. The third-order valence-electron chi connectivity index (χ3n) is 7.12. The fourth-order valence-electron chi connectivity index (χ4n) is 5.23. The van der Waals surface area contributed by atoms with E-state index in [2.05, 4.69) is 27.6 Å². The zero-order chi connectivity index (χ0) is 27.8. The van der Waals surface area contributed by atoms with Crippen molar-refractivity contribution in [2.75, 3.05) is 0 Å². The summed E-state index contributed by atoms with van der Waals surface area (Å²) in [5.41, 5.74) is 5.49. The van der Waals surface area contributed by atoms with E-state index in [4.69, 9.17) is 21.5 Å². The molecular weight excluding hydrogens is 504 g/mol.